The van der Waals surface area contributed by atoms with Gasteiger partial charge in [-0.25, -0.2) is 0 Å². The van der Waals surface area contributed by atoms with E-state index in [2.05, 4.69) is 26.0 Å². The SMILES string of the molecule is CCCCCCCCC=CCCCCCCCC(=O)C(C=O)CCCCCCCCCCCCCC. The van der Waals surface area contributed by atoms with Gasteiger partial charge in [0.05, 0.1) is 5.92 Å². The predicted octanol–water partition coefficient (Wildman–Crippen LogP) is 11.5. The number of Topliss-reactive ketones (excluding diaryl/α,β-unsaturated/α-hetero) is 1. The minimum atomic E-state index is -0.343. The van der Waals surface area contributed by atoms with Crippen LogP contribution in [-0.2, 0) is 9.59 Å². The molecule has 0 heterocycles. The predicted molar refractivity (Wildman–Crippen MR) is 160 cm³/mol. The molecule has 2 nitrogen and oxygen atoms in total. The number of carbonyl (C=O) groups is 2. The van der Waals surface area contributed by atoms with E-state index in [9.17, 15) is 9.59 Å². The summed E-state index contributed by atoms with van der Waals surface area (Å²) < 4.78 is 0. The van der Waals surface area contributed by atoms with Crippen molar-refractivity contribution in [2.45, 2.75) is 187 Å². The van der Waals surface area contributed by atoms with Gasteiger partial charge in [-0.2, -0.15) is 0 Å². The number of hydrogen-bond acceptors (Lipinski definition) is 2. The van der Waals surface area contributed by atoms with Gasteiger partial charge in [0.1, 0.15) is 12.1 Å². The normalized spacial score (nSPS) is 12.4. The topological polar surface area (TPSA) is 34.1 Å². The van der Waals surface area contributed by atoms with Crippen LogP contribution in [-0.4, -0.2) is 12.1 Å². The van der Waals surface area contributed by atoms with Crippen LogP contribution in [0, 0.1) is 5.92 Å². The Kier molecular flexibility index (Phi) is 29.5. The summed E-state index contributed by atoms with van der Waals surface area (Å²) in [7, 11) is 0. The molecule has 0 bridgehead atoms. The third-order valence-electron chi connectivity index (χ3n) is 7.63. The van der Waals surface area contributed by atoms with E-state index in [0.717, 1.165) is 32.0 Å². The van der Waals surface area contributed by atoms with Gasteiger partial charge >= 0.3 is 0 Å². The number of carbonyl (C=O) groups excluding carboxylic acids is 2. The van der Waals surface area contributed by atoms with Gasteiger partial charge in [0, 0.05) is 6.42 Å². The molecule has 0 N–H and O–H groups in total. The molecule has 1 atom stereocenters. The van der Waals surface area contributed by atoms with E-state index < -0.39 is 0 Å². The van der Waals surface area contributed by atoms with Crippen LogP contribution in [0.5, 0.6) is 0 Å². The second kappa shape index (κ2) is 30.3. The third kappa shape index (κ3) is 26.2. The van der Waals surface area contributed by atoms with Crippen molar-refractivity contribution in [1.29, 1.82) is 0 Å². The molecular formula is C34H64O2. The molecular weight excluding hydrogens is 440 g/mol. The Morgan fingerprint density at radius 3 is 1.28 bits per heavy atom. The molecule has 0 aliphatic carbocycles. The van der Waals surface area contributed by atoms with Crippen molar-refractivity contribution < 1.29 is 9.59 Å². The molecule has 0 saturated carbocycles. The second-order valence-electron chi connectivity index (χ2n) is 11.2. The van der Waals surface area contributed by atoms with Crippen LogP contribution in [0.25, 0.3) is 0 Å². The number of ketones is 1. The Hall–Kier alpha value is -0.920. The molecule has 0 saturated heterocycles. The molecule has 0 spiro atoms. The number of aldehydes is 1. The zero-order chi connectivity index (χ0) is 26.4. The van der Waals surface area contributed by atoms with Crippen molar-refractivity contribution in [3.63, 3.8) is 0 Å². The number of allylic oxidation sites excluding steroid dienone is 2. The first-order chi connectivity index (χ1) is 17.8. The molecule has 0 aliphatic rings. The summed E-state index contributed by atoms with van der Waals surface area (Å²) in [5, 5.41) is 0. The first kappa shape index (κ1) is 35.1. The fourth-order valence-corrected chi connectivity index (χ4v) is 5.07. The van der Waals surface area contributed by atoms with Gasteiger partial charge in [-0.05, 0) is 38.5 Å². The quantitative estimate of drug-likeness (QED) is 0.0422. The highest BCUT2D eigenvalue weighted by Gasteiger charge is 2.16. The summed E-state index contributed by atoms with van der Waals surface area (Å²) in [6.07, 6.45) is 39.3. The van der Waals surface area contributed by atoms with Gasteiger partial charge in [0.15, 0.2) is 0 Å². The van der Waals surface area contributed by atoms with Crippen LogP contribution in [0.3, 0.4) is 0 Å². The first-order valence-electron chi connectivity index (χ1n) is 16.4. The minimum absolute atomic E-state index is 0.186. The van der Waals surface area contributed by atoms with E-state index in [1.54, 1.807) is 0 Å². The first-order valence-corrected chi connectivity index (χ1v) is 16.4. The number of rotatable bonds is 30. The highest BCUT2D eigenvalue weighted by Crippen LogP contribution is 2.17. The van der Waals surface area contributed by atoms with Gasteiger partial charge in [-0.1, -0.05) is 154 Å². The van der Waals surface area contributed by atoms with Crippen LogP contribution >= 0.6 is 0 Å². The van der Waals surface area contributed by atoms with Crippen molar-refractivity contribution in [1.82, 2.24) is 0 Å². The van der Waals surface area contributed by atoms with Crippen molar-refractivity contribution in [2.75, 3.05) is 0 Å². The average Bonchev–Trinajstić information content (AvgIpc) is 2.89. The molecule has 0 rings (SSSR count). The van der Waals surface area contributed by atoms with Gasteiger partial charge in [0.2, 0.25) is 0 Å². The maximum absolute atomic E-state index is 12.4. The lowest BCUT2D eigenvalue weighted by Gasteiger charge is -2.09. The molecule has 2 heteroatoms. The zero-order valence-corrected chi connectivity index (χ0v) is 24.7. The van der Waals surface area contributed by atoms with Crippen LogP contribution in [0.4, 0.5) is 0 Å². The van der Waals surface area contributed by atoms with Crippen molar-refractivity contribution in [3.8, 4) is 0 Å². The molecule has 0 aromatic rings. The number of hydrogen-bond donors (Lipinski definition) is 0. The van der Waals surface area contributed by atoms with E-state index in [1.807, 2.05) is 0 Å². The molecule has 0 aromatic heterocycles. The Labute approximate surface area is 226 Å². The van der Waals surface area contributed by atoms with Crippen molar-refractivity contribution in [2.24, 2.45) is 5.92 Å². The summed E-state index contributed by atoms with van der Waals surface area (Å²) >= 11 is 0. The van der Waals surface area contributed by atoms with Crippen LogP contribution in [0.1, 0.15) is 187 Å². The van der Waals surface area contributed by atoms with E-state index in [1.165, 1.54) is 141 Å². The summed E-state index contributed by atoms with van der Waals surface area (Å²) in [6.45, 7) is 4.54. The standard InChI is InChI=1S/C34H64O2/c1-3-5-7-9-11-13-15-17-18-19-21-23-25-27-29-31-34(36)33(32-35)30-28-26-24-22-20-16-14-12-10-8-6-4-2/h17-18,32-33H,3-16,19-31H2,1-2H3. The minimum Gasteiger partial charge on any atom is -0.303 e. The fourth-order valence-electron chi connectivity index (χ4n) is 5.07. The molecule has 0 fully saturated rings. The van der Waals surface area contributed by atoms with Crippen LogP contribution < -0.4 is 0 Å². The lowest BCUT2D eigenvalue weighted by molar-refractivity contribution is -0.127. The van der Waals surface area contributed by atoms with Crippen LogP contribution in [0.15, 0.2) is 12.2 Å². The maximum atomic E-state index is 12.4. The summed E-state index contributed by atoms with van der Waals surface area (Å²) in [6, 6.07) is 0. The monoisotopic (exact) mass is 504 g/mol. The van der Waals surface area contributed by atoms with E-state index in [0.29, 0.717) is 6.42 Å². The smallest absolute Gasteiger partial charge is 0.143 e. The Bertz CT molecular complexity index is 482. The van der Waals surface area contributed by atoms with Gasteiger partial charge in [-0.3, -0.25) is 4.79 Å². The zero-order valence-electron chi connectivity index (χ0n) is 24.7. The van der Waals surface area contributed by atoms with Gasteiger partial charge < -0.3 is 4.79 Å². The van der Waals surface area contributed by atoms with Gasteiger partial charge in [0.25, 0.3) is 0 Å². The van der Waals surface area contributed by atoms with Crippen molar-refractivity contribution >= 4 is 12.1 Å². The Morgan fingerprint density at radius 2 is 0.861 bits per heavy atom. The molecule has 36 heavy (non-hydrogen) atoms. The van der Waals surface area contributed by atoms with Crippen LogP contribution in [0.2, 0.25) is 0 Å². The molecule has 0 amide bonds. The van der Waals surface area contributed by atoms with Crippen molar-refractivity contribution in [3.05, 3.63) is 12.2 Å². The third-order valence-corrected chi connectivity index (χ3v) is 7.63. The second-order valence-corrected chi connectivity index (χ2v) is 11.2. The maximum Gasteiger partial charge on any atom is 0.143 e. The Balaban J connectivity index is 3.47. The summed E-state index contributed by atoms with van der Waals surface area (Å²) in [4.78, 5) is 23.8. The van der Waals surface area contributed by atoms with E-state index >= 15 is 0 Å². The molecule has 0 aliphatic heterocycles. The highest BCUT2D eigenvalue weighted by atomic mass is 16.1. The highest BCUT2D eigenvalue weighted by molar-refractivity contribution is 5.93. The summed E-state index contributed by atoms with van der Waals surface area (Å²) in [5.74, 6) is -0.157. The van der Waals surface area contributed by atoms with E-state index in [4.69, 9.17) is 0 Å². The fraction of sp³-hybridized carbons (Fsp3) is 0.882. The molecule has 0 aromatic carbocycles. The average molecular weight is 505 g/mol. The Morgan fingerprint density at radius 1 is 0.500 bits per heavy atom. The number of unbranched alkanes of at least 4 members (excludes halogenated alkanes) is 22. The lowest BCUT2D eigenvalue weighted by Crippen LogP contribution is -2.15. The molecule has 1 unspecified atom stereocenters. The lowest BCUT2D eigenvalue weighted by atomic mass is 9.94. The van der Waals surface area contributed by atoms with E-state index in [-0.39, 0.29) is 11.7 Å². The molecule has 0 radical (unpaired) electrons. The molecule has 212 valence electrons. The van der Waals surface area contributed by atoms with Gasteiger partial charge in [-0.15, -0.1) is 0 Å². The summed E-state index contributed by atoms with van der Waals surface area (Å²) in [5.41, 5.74) is 0. The largest absolute Gasteiger partial charge is 0.303 e.